The lowest BCUT2D eigenvalue weighted by Crippen LogP contribution is -1.89. The van der Waals surface area contributed by atoms with Gasteiger partial charge in [-0.3, -0.25) is 0 Å². The predicted octanol–water partition coefficient (Wildman–Crippen LogP) is 5.46. The van der Waals surface area contributed by atoms with Gasteiger partial charge in [0.15, 0.2) is 0 Å². The van der Waals surface area contributed by atoms with Crippen LogP contribution in [0.15, 0.2) is 67.2 Å². The molecule has 0 nitrogen and oxygen atoms in total. The summed E-state index contributed by atoms with van der Waals surface area (Å²) in [6.45, 7) is 6.17. The quantitative estimate of drug-likeness (QED) is 0.561. The molecule has 0 aliphatic rings. The van der Waals surface area contributed by atoms with Gasteiger partial charge in [-0.1, -0.05) is 73.3 Å². The van der Waals surface area contributed by atoms with Gasteiger partial charge in [-0.15, -0.1) is 0 Å². The maximum atomic E-state index is 4.00. The van der Waals surface area contributed by atoms with Gasteiger partial charge in [0.25, 0.3) is 0 Å². The fraction of sp³-hybridized carbons (Fsp3) is 0.0526. The van der Waals surface area contributed by atoms with Gasteiger partial charge in [0.1, 0.15) is 0 Å². The van der Waals surface area contributed by atoms with Gasteiger partial charge in [-0.05, 0) is 39.9 Å². The first kappa shape index (κ1) is 11.7. The van der Waals surface area contributed by atoms with E-state index in [9.17, 15) is 0 Å². The summed E-state index contributed by atoms with van der Waals surface area (Å²) in [6.07, 6.45) is 1.96. The van der Waals surface area contributed by atoms with Crippen LogP contribution in [0.2, 0.25) is 0 Å². The van der Waals surface area contributed by atoms with E-state index >= 15 is 0 Å². The van der Waals surface area contributed by atoms with Gasteiger partial charge in [-0.25, -0.2) is 0 Å². The minimum Gasteiger partial charge on any atom is -0.0984 e. The molecule has 0 heterocycles. The second-order valence-corrected chi connectivity index (χ2v) is 4.77. The third-order valence-electron chi connectivity index (χ3n) is 3.58. The molecule has 0 fully saturated rings. The zero-order valence-corrected chi connectivity index (χ0v) is 11.1. The summed E-state index contributed by atoms with van der Waals surface area (Å²) in [5.41, 5.74) is 5.02. The first-order valence-electron chi connectivity index (χ1n) is 6.51. The lowest BCUT2D eigenvalue weighted by Gasteiger charge is -2.13. The molecule has 0 saturated heterocycles. The summed E-state index contributed by atoms with van der Waals surface area (Å²) in [6, 6.07) is 21.3. The summed E-state index contributed by atoms with van der Waals surface area (Å²) in [5, 5.41) is 2.58. The molecule has 0 atom stereocenters. The normalized spacial score (nSPS) is 10.6. The second-order valence-electron chi connectivity index (χ2n) is 4.77. The van der Waals surface area contributed by atoms with Gasteiger partial charge in [0, 0.05) is 0 Å². The van der Waals surface area contributed by atoms with Crippen LogP contribution in [0.25, 0.3) is 28.0 Å². The van der Waals surface area contributed by atoms with Crippen molar-refractivity contribution >= 4 is 16.8 Å². The Morgan fingerprint density at radius 3 is 2.16 bits per heavy atom. The third-order valence-corrected chi connectivity index (χ3v) is 3.58. The van der Waals surface area contributed by atoms with E-state index in [0.29, 0.717) is 0 Å². The van der Waals surface area contributed by atoms with Crippen molar-refractivity contribution in [2.24, 2.45) is 0 Å². The Kier molecular flexibility index (Phi) is 2.92. The molecule has 19 heavy (non-hydrogen) atoms. The molecule has 3 aromatic carbocycles. The molecule has 0 spiro atoms. The van der Waals surface area contributed by atoms with E-state index in [1.54, 1.807) is 0 Å². The Morgan fingerprint density at radius 2 is 1.47 bits per heavy atom. The van der Waals surface area contributed by atoms with Crippen molar-refractivity contribution in [3.05, 3.63) is 78.4 Å². The summed E-state index contributed by atoms with van der Waals surface area (Å²) in [7, 11) is 0. The lowest BCUT2D eigenvalue weighted by molar-refractivity contribution is 1.51. The molecule has 0 bridgehead atoms. The Bertz CT molecular complexity index is 737. The molecule has 0 N–H and O–H groups in total. The predicted molar refractivity (Wildman–Crippen MR) is 84.2 cm³/mol. The average molecular weight is 244 g/mol. The highest BCUT2D eigenvalue weighted by Gasteiger charge is 2.08. The van der Waals surface area contributed by atoms with Crippen LogP contribution in [0.1, 0.15) is 11.1 Å². The smallest absolute Gasteiger partial charge is 0.0103 e. The van der Waals surface area contributed by atoms with Crippen LogP contribution < -0.4 is 0 Å². The molecular weight excluding hydrogens is 228 g/mol. The maximum Gasteiger partial charge on any atom is -0.0103 e. The van der Waals surface area contributed by atoms with E-state index in [1.165, 1.54) is 33.0 Å². The van der Waals surface area contributed by atoms with E-state index in [1.807, 2.05) is 12.1 Å². The highest BCUT2D eigenvalue weighted by Crippen LogP contribution is 2.33. The second kappa shape index (κ2) is 4.74. The van der Waals surface area contributed by atoms with Crippen LogP contribution in [0.5, 0.6) is 0 Å². The first-order valence-corrected chi connectivity index (χ1v) is 6.51. The standard InChI is InChI=1S/C19H16/c1-3-16-18-12-8-7-11-17(18)14(2)13-19(16)15-9-5-4-6-10-15/h3-13H,1H2,2H3. The van der Waals surface area contributed by atoms with Gasteiger partial charge in [0.05, 0.1) is 0 Å². The molecule has 0 aliphatic carbocycles. The van der Waals surface area contributed by atoms with Gasteiger partial charge in [0.2, 0.25) is 0 Å². The molecule has 0 amide bonds. The largest absolute Gasteiger partial charge is 0.0984 e. The van der Waals surface area contributed by atoms with E-state index < -0.39 is 0 Å². The zero-order chi connectivity index (χ0) is 13.2. The van der Waals surface area contributed by atoms with Crippen molar-refractivity contribution in [2.45, 2.75) is 6.92 Å². The molecule has 0 saturated carbocycles. The van der Waals surface area contributed by atoms with Crippen LogP contribution in [-0.4, -0.2) is 0 Å². The SMILES string of the molecule is C=Cc1c(-c2ccccc2)cc(C)c2ccccc12. The van der Waals surface area contributed by atoms with Crippen LogP contribution in [-0.2, 0) is 0 Å². The van der Waals surface area contributed by atoms with Gasteiger partial charge in [-0.2, -0.15) is 0 Å². The van der Waals surface area contributed by atoms with Crippen molar-refractivity contribution in [3.63, 3.8) is 0 Å². The number of benzene rings is 3. The molecule has 0 aromatic heterocycles. The molecular formula is C19H16. The van der Waals surface area contributed by atoms with Crippen molar-refractivity contribution in [3.8, 4) is 11.1 Å². The molecule has 0 radical (unpaired) electrons. The fourth-order valence-electron chi connectivity index (χ4n) is 2.66. The van der Waals surface area contributed by atoms with Crippen LogP contribution in [0.3, 0.4) is 0 Å². The Labute approximate surface area is 114 Å². The Balaban J connectivity index is 2.40. The first-order chi connectivity index (χ1) is 9.31. The number of rotatable bonds is 2. The van der Waals surface area contributed by atoms with Crippen molar-refractivity contribution < 1.29 is 0 Å². The zero-order valence-electron chi connectivity index (χ0n) is 11.1. The van der Waals surface area contributed by atoms with E-state index in [0.717, 1.165) is 0 Å². The molecule has 92 valence electrons. The number of fused-ring (bicyclic) bond motifs is 1. The van der Waals surface area contributed by atoms with Crippen molar-refractivity contribution in [2.75, 3.05) is 0 Å². The molecule has 3 rings (SSSR count). The topological polar surface area (TPSA) is 0 Å². The van der Waals surface area contributed by atoms with E-state index in [2.05, 4.69) is 68.1 Å². The third kappa shape index (κ3) is 1.96. The minimum absolute atomic E-state index is 1.22. The Hall–Kier alpha value is -2.34. The summed E-state index contributed by atoms with van der Waals surface area (Å²) in [4.78, 5) is 0. The Morgan fingerprint density at radius 1 is 0.842 bits per heavy atom. The monoisotopic (exact) mass is 244 g/mol. The minimum atomic E-state index is 1.22. The molecule has 3 aromatic rings. The number of hydrogen-bond acceptors (Lipinski definition) is 0. The molecule has 0 unspecified atom stereocenters. The van der Waals surface area contributed by atoms with Gasteiger partial charge < -0.3 is 0 Å². The maximum absolute atomic E-state index is 4.00. The van der Waals surface area contributed by atoms with Crippen molar-refractivity contribution in [1.29, 1.82) is 0 Å². The van der Waals surface area contributed by atoms with E-state index in [4.69, 9.17) is 0 Å². The highest BCUT2D eigenvalue weighted by atomic mass is 14.1. The number of aryl methyl sites for hydroxylation is 1. The fourth-order valence-corrected chi connectivity index (χ4v) is 2.66. The van der Waals surface area contributed by atoms with Crippen LogP contribution in [0.4, 0.5) is 0 Å². The highest BCUT2D eigenvalue weighted by molar-refractivity contribution is 5.99. The van der Waals surface area contributed by atoms with Crippen LogP contribution in [0, 0.1) is 6.92 Å². The van der Waals surface area contributed by atoms with Crippen LogP contribution >= 0.6 is 0 Å². The average Bonchev–Trinajstić information content (AvgIpc) is 2.48. The lowest BCUT2D eigenvalue weighted by atomic mass is 9.91. The number of hydrogen-bond donors (Lipinski definition) is 0. The van der Waals surface area contributed by atoms with Crippen molar-refractivity contribution in [1.82, 2.24) is 0 Å². The summed E-state index contributed by atoms with van der Waals surface area (Å²) in [5.74, 6) is 0. The van der Waals surface area contributed by atoms with Gasteiger partial charge >= 0.3 is 0 Å². The summed E-state index contributed by atoms with van der Waals surface area (Å²) >= 11 is 0. The molecule has 0 aliphatic heterocycles. The van der Waals surface area contributed by atoms with E-state index in [-0.39, 0.29) is 0 Å². The summed E-state index contributed by atoms with van der Waals surface area (Å²) < 4.78 is 0. The molecule has 0 heteroatoms.